The highest BCUT2D eigenvalue weighted by Crippen LogP contribution is 2.22. The second kappa shape index (κ2) is 8.16. The molecule has 0 radical (unpaired) electrons. The number of thiazole rings is 1. The molecule has 0 amide bonds. The summed E-state index contributed by atoms with van der Waals surface area (Å²) in [6, 6.07) is 11.1. The highest BCUT2D eigenvalue weighted by molar-refractivity contribution is 7.09. The number of aryl methyl sites for hydroxylation is 1. The summed E-state index contributed by atoms with van der Waals surface area (Å²) in [4.78, 5) is 18.1. The Balaban J connectivity index is 1.56. The molecule has 6 nitrogen and oxygen atoms in total. The number of H-pyrrole nitrogens is 1. The number of aromatic amines is 1. The summed E-state index contributed by atoms with van der Waals surface area (Å²) in [5.41, 5.74) is 2.65. The van der Waals surface area contributed by atoms with Crippen LogP contribution in [0, 0.1) is 0 Å². The summed E-state index contributed by atoms with van der Waals surface area (Å²) in [5, 5.41) is 19.8. The molecule has 2 aromatic heterocycles. The average Bonchev–Trinajstić information content (AvgIpc) is 2.98. The molecular weight excluding hydrogens is 352 g/mol. The third kappa shape index (κ3) is 4.50. The normalized spacial score (nSPS) is 12.1. The molecule has 0 aliphatic rings. The molecule has 0 saturated carbocycles. The van der Waals surface area contributed by atoms with E-state index in [4.69, 9.17) is 4.74 Å². The molecule has 0 spiro atoms. The van der Waals surface area contributed by atoms with Crippen LogP contribution in [0.25, 0.3) is 0 Å². The molecule has 0 bridgehead atoms. The number of hydrogen-bond donors (Lipinski definition) is 3. The quantitative estimate of drug-likeness (QED) is 0.593. The first-order valence-electron chi connectivity index (χ1n) is 8.30. The number of aliphatic hydroxyl groups excluding tert-OH is 1. The number of aliphatic hydroxyl groups is 1. The Kier molecular flexibility index (Phi) is 5.70. The molecule has 3 rings (SSSR count). The van der Waals surface area contributed by atoms with E-state index in [1.807, 2.05) is 24.3 Å². The number of ether oxygens (including phenoxy) is 1. The van der Waals surface area contributed by atoms with Crippen molar-refractivity contribution in [3.05, 3.63) is 74.0 Å². The van der Waals surface area contributed by atoms with E-state index in [1.165, 1.54) is 0 Å². The van der Waals surface area contributed by atoms with Crippen molar-refractivity contribution in [3.8, 4) is 11.6 Å². The van der Waals surface area contributed by atoms with Crippen molar-refractivity contribution in [2.45, 2.75) is 25.9 Å². The van der Waals surface area contributed by atoms with Gasteiger partial charge in [-0.3, -0.25) is 14.8 Å². The van der Waals surface area contributed by atoms with Crippen molar-refractivity contribution in [1.82, 2.24) is 9.97 Å². The number of pyridine rings is 1. The summed E-state index contributed by atoms with van der Waals surface area (Å²) < 4.78 is 5.62. The van der Waals surface area contributed by atoms with Crippen LogP contribution < -0.4 is 9.61 Å². The van der Waals surface area contributed by atoms with E-state index in [9.17, 15) is 15.0 Å². The molecule has 1 atom stereocenters. The lowest BCUT2D eigenvalue weighted by molar-refractivity contribution is 0.104. The molecule has 7 heteroatoms. The lowest BCUT2D eigenvalue weighted by atomic mass is 10.1. The molecule has 3 aromatic rings. The molecule has 26 heavy (non-hydrogen) atoms. The number of benzene rings is 1. The minimum absolute atomic E-state index is 0.0787. The first-order chi connectivity index (χ1) is 12.5. The number of aromatic nitrogens is 2. The first kappa shape index (κ1) is 18.2. The highest BCUT2D eigenvalue weighted by Gasteiger charge is 2.11. The number of hydrogen-bond acceptors (Lipinski definition) is 6. The van der Waals surface area contributed by atoms with Gasteiger partial charge in [0.25, 0.3) is 0 Å². The summed E-state index contributed by atoms with van der Waals surface area (Å²) in [7, 11) is 0. The van der Waals surface area contributed by atoms with Crippen molar-refractivity contribution < 1.29 is 14.9 Å². The van der Waals surface area contributed by atoms with E-state index in [1.54, 1.807) is 18.3 Å². The molecule has 0 fully saturated rings. The van der Waals surface area contributed by atoms with E-state index >= 15 is 0 Å². The topological polar surface area (TPSA) is 95.4 Å². The lowest BCUT2D eigenvalue weighted by Crippen LogP contribution is -2.11. The van der Waals surface area contributed by atoms with Crippen molar-refractivity contribution in [2.75, 3.05) is 6.61 Å². The fourth-order valence-corrected chi connectivity index (χ4v) is 3.22. The lowest BCUT2D eigenvalue weighted by Gasteiger charge is -2.12. The van der Waals surface area contributed by atoms with Crippen LogP contribution in [0.2, 0.25) is 0 Å². The summed E-state index contributed by atoms with van der Waals surface area (Å²) in [6.45, 7) is 2.16. The monoisotopic (exact) mass is 372 g/mol. The number of nitrogens with one attached hydrogen (secondary N) is 1. The maximum Gasteiger partial charge on any atom is 0.307 e. The Labute approximate surface area is 154 Å². The van der Waals surface area contributed by atoms with Crippen LogP contribution >= 0.6 is 11.3 Å². The summed E-state index contributed by atoms with van der Waals surface area (Å²) in [5.74, 6) is 0.550. The molecule has 136 valence electrons. The average molecular weight is 372 g/mol. The Morgan fingerprint density at radius 3 is 2.50 bits per heavy atom. The van der Waals surface area contributed by atoms with E-state index in [-0.39, 0.29) is 17.4 Å². The SMILES string of the molecule is CCc1ccc(C(O)COc2ccc(Cc3sc(=O)[nH]c3O)cc2)nc1. The fourth-order valence-electron chi connectivity index (χ4n) is 2.46. The van der Waals surface area contributed by atoms with Crippen molar-refractivity contribution in [3.63, 3.8) is 0 Å². The van der Waals surface area contributed by atoms with E-state index in [0.717, 1.165) is 28.9 Å². The summed E-state index contributed by atoms with van der Waals surface area (Å²) in [6.07, 6.45) is 2.34. The second-order valence-electron chi connectivity index (χ2n) is 5.88. The third-order valence-electron chi connectivity index (χ3n) is 3.99. The molecule has 3 N–H and O–H groups in total. The fraction of sp³-hybridized carbons (Fsp3) is 0.263. The molecule has 1 aromatic carbocycles. The van der Waals surface area contributed by atoms with Gasteiger partial charge in [-0.1, -0.05) is 36.5 Å². The number of rotatable bonds is 7. The van der Waals surface area contributed by atoms with Crippen LogP contribution in [0.4, 0.5) is 0 Å². The maximum atomic E-state index is 11.2. The zero-order valence-corrected chi connectivity index (χ0v) is 15.1. The molecule has 0 aliphatic carbocycles. The third-order valence-corrected chi connectivity index (χ3v) is 4.87. The molecule has 1 unspecified atom stereocenters. The van der Waals surface area contributed by atoms with Crippen LogP contribution in [0.15, 0.2) is 47.4 Å². The van der Waals surface area contributed by atoms with Gasteiger partial charge in [-0.2, -0.15) is 0 Å². The Hall–Kier alpha value is -2.64. The van der Waals surface area contributed by atoms with Gasteiger partial charge in [0.2, 0.25) is 5.88 Å². The van der Waals surface area contributed by atoms with Crippen LogP contribution in [0.5, 0.6) is 11.6 Å². The number of aromatic hydroxyl groups is 1. The largest absolute Gasteiger partial charge is 0.494 e. The van der Waals surface area contributed by atoms with Crippen LogP contribution in [-0.2, 0) is 12.8 Å². The van der Waals surface area contributed by atoms with Crippen molar-refractivity contribution in [1.29, 1.82) is 0 Å². The van der Waals surface area contributed by atoms with Crippen LogP contribution in [0.1, 0.15) is 34.7 Å². The standard InChI is InChI=1S/C19H20N2O4S/c1-2-12-5-8-15(20-10-12)16(22)11-25-14-6-3-13(4-7-14)9-17-18(23)21-19(24)26-17/h3-8,10,16,22-23H,2,9,11H2,1H3,(H,21,24). The van der Waals surface area contributed by atoms with Crippen molar-refractivity contribution in [2.24, 2.45) is 0 Å². The van der Waals surface area contributed by atoms with Gasteiger partial charge < -0.3 is 14.9 Å². The molecule has 2 heterocycles. The van der Waals surface area contributed by atoms with Gasteiger partial charge in [-0.05, 0) is 35.7 Å². The van der Waals surface area contributed by atoms with Gasteiger partial charge in [-0.15, -0.1) is 0 Å². The molecule has 0 saturated heterocycles. The van der Waals surface area contributed by atoms with Gasteiger partial charge in [0.15, 0.2) is 0 Å². The number of nitrogens with zero attached hydrogens (tertiary/aromatic N) is 1. The Morgan fingerprint density at radius 2 is 1.92 bits per heavy atom. The highest BCUT2D eigenvalue weighted by atomic mass is 32.1. The van der Waals surface area contributed by atoms with Crippen LogP contribution in [0.3, 0.4) is 0 Å². The minimum atomic E-state index is -0.797. The van der Waals surface area contributed by atoms with Crippen LogP contribution in [-0.4, -0.2) is 26.8 Å². The first-order valence-corrected chi connectivity index (χ1v) is 9.12. The smallest absolute Gasteiger partial charge is 0.307 e. The van der Waals surface area contributed by atoms with Gasteiger partial charge in [0, 0.05) is 12.6 Å². The molecular formula is C19H20N2O4S. The van der Waals surface area contributed by atoms with Gasteiger partial charge in [0.1, 0.15) is 18.5 Å². The predicted octanol–water partition coefficient (Wildman–Crippen LogP) is 2.80. The second-order valence-corrected chi connectivity index (χ2v) is 6.95. The Morgan fingerprint density at radius 1 is 1.19 bits per heavy atom. The summed E-state index contributed by atoms with van der Waals surface area (Å²) >= 11 is 0.995. The predicted molar refractivity (Wildman–Crippen MR) is 99.9 cm³/mol. The van der Waals surface area contributed by atoms with Gasteiger partial charge in [-0.25, -0.2) is 0 Å². The van der Waals surface area contributed by atoms with Crippen molar-refractivity contribution >= 4 is 11.3 Å². The van der Waals surface area contributed by atoms with Gasteiger partial charge in [0.05, 0.1) is 10.6 Å². The van der Waals surface area contributed by atoms with E-state index < -0.39 is 6.10 Å². The Bertz CT molecular complexity index is 901. The zero-order valence-electron chi connectivity index (χ0n) is 14.3. The zero-order chi connectivity index (χ0) is 18.5. The minimum Gasteiger partial charge on any atom is -0.494 e. The van der Waals surface area contributed by atoms with Gasteiger partial charge >= 0.3 is 4.87 Å². The van der Waals surface area contributed by atoms with E-state index in [0.29, 0.717) is 22.7 Å². The molecule has 0 aliphatic heterocycles. The van der Waals surface area contributed by atoms with E-state index in [2.05, 4.69) is 16.9 Å². The maximum absolute atomic E-state index is 11.2.